The maximum atomic E-state index is 14.3. The van der Waals surface area contributed by atoms with Crippen LogP contribution >= 0.6 is 50.7 Å². The molecule has 6 unspecified atom stereocenters. The van der Waals surface area contributed by atoms with E-state index in [1.165, 1.54) is 13.1 Å². The molecule has 1 saturated carbocycles. The third kappa shape index (κ3) is 4.32. The van der Waals surface area contributed by atoms with Crippen LogP contribution in [0.5, 0.6) is 5.75 Å². The van der Waals surface area contributed by atoms with Crippen molar-refractivity contribution in [2.24, 2.45) is 17.8 Å². The van der Waals surface area contributed by atoms with Gasteiger partial charge in [-0.25, -0.2) is 4.98 Å². The number of hydrogen-bond donors (Lipinski definition) is 1. The normalized spacial score (nSPS) is 30.0. The number of allylic oxidation sites excluding steroid dienone is 2. The number of carbonyl (C=O) groups is 4. The van der Waals surface area contributed by atoms with Crippen molar-refractivity contribution in [2.45, 2.75) is 34.7 Å². The fourth-order valence-electron chi connectivity index (χ4n) is 7.85. The number of benzene rings is 2. The van der Waals surface area contributed by atoms with E-state index in [9.17, 15) is 37.5 Å². The lowest BCUT2D eigenvalue weighted by molar-refractivity contribution is -0.142. The number of carbonyl (C=O) groups excluding carboxylic acids is 4. The molecule has 2 aliphatic heterocycles. The summed E-state index contributed by atoms with van der Waals surface area (Å²) >= 11 is 24.0. The summed E-state index contributed by atoms with van der Waals surface area (Å²) in [6, 6.07) is 11.6. The average Bonchev–Trinajstić information content (AvgIpc) is 3.38. The molecule has 16 heteroatoms. The molecule has 3 fully saturated rings. The van der Waals surface area contributed by atoms with Gasteiger partial charge in [0.05, 0.1) is 22.3 Å². The molecule has 7 rings (SSSR count). The van der Waals surface area contributed by atoms with Crippen molar-refractivity contribution in [1.29, 1.82) is 0 Å². The van der Waals surface area contributed by atoms with Crippen molar-refractivity contribution in [3.05, 3.63) is 76.5 Å². The number of amides is 4. The number of rotatable bonds is 4. The van der Waals surface area contributed by atoms with Gasteiger partial charge in [0.15, 0.2) is 15.6 Å². The molecule has 1 aromatic heterocycles. The maximum absolute atomic E-state index is 14.3. The van der Waals surface area contributed by atoms with E-state index in [4.69, 9.17) is 34.8 Å². The number of hydrazine groups is 1. The largest absolute Gasteiger partial charge is 0.507 e. The zero-order valence-electron chi connectivity index (χ0n) is 24.6. The van der Waals surface area contributed by atoms with Gasteiger partial charge in [-0.3, -0.25) is 29.1 Å². The smallest absolute Gasteiger partial charge is 0.433 e. The lowest BCUT2D eigenvalue weighted by Crippen LogP contribution is -2.60. The van der Waals surface area contributed by atoms with Gasteiger partial charge in [-0.2, -0.15) is 18.2 Å². The summed E-state index contributed by atoms with van der Waals surface area (Å²) in [6.45, 7) is 0. The topological polar surface area (TPSA) is 111 Å². The Hall–Kier alpha value is -3.39. The highest BCUT2D eigenvalue weighted by atomic mass is 79.9. The second-order valence-corrected chi connectivity index (χ2v) is 14.4. The van der Waals surface area contributed by atoms with E-state index in [1.807, 2.05) is 0 Å². The highest BCUT2D eigenvalue weighted by Gasteiger charge is 2.76. The van der Waals surface area contributed by atoms with Crippen molar-refractivity contribution in [3.63, 3.8) is 0 Å². The predicted octanol–water partition coefficient (Wildman–Crippen LogP) is 6.38. The molecule has 1 N–H and O–H groups in total. The lowest BCUT2D eigenvalue weighted by Gasteiger charge is -2.51. The third-order valence-corrected chi connectivity index (χ3v) is 12.2. The van der Waals surface area contributed by atoms with E-state index >= 15 is 0 Å². The number of imide groups is 2. The fourth-order valence-corrected chi connectivity index (χ4v) is 9.49. The summed E-state index contributed by atoms with van der Waals surface area (Å²) in [6.07, 6.45) is -3.35. The predicted molar refractivity (Wildman–Crippen MR) is 173 cm³/mol. The maximum Gasteiger partial charge on any atom is 0.433 e. The number of alkyl halides is 6. The number of aromatic nitrogens is 1. The minimum absolute atomic E-state index is 0.0221. The first kappa shape index (κ1) is 33.1. The van der Waals surface area contributed by atoms with Gasteiger partial charge in [-0.05, 0) is 47.9 Å². The van der Waals surface area contributed by atoms with Crippen molar-refractivity contribution < 1.29 is 37.5 Å². The van der Waals surface area contributed by atoms with E-state index in [0.29, 0.717) is 28.0 Å². The van der Waals surface area contributed by atoms with Crippen molar-refractivity contribution in [3.8, 4) is 5.75 Å². The Morgan fingerprint density at radius 3 is 2.35 bits per heavy atom. The van der Waals surface area contributed by atoms with Gasteiger partial charge < -0.3 is 5.11 Å². The molecule has 250 valence electrons. The molecule has 4 amide bonds. The quantitative estimate of drug-likeness (QED) is 0.142. The third-order valence-electron chi connectivity index (χ3n) is 9.96. The minimum Gasteiger partial charge on any atom is -0.507 e. The first-order valence-electron chi connectivity index (χ1n) is 14.6. The van der Waals surface area contributed by atoms with Crippen LogP contribution < -0.4 is 5.01 Å². The van der Waals surface area contributed by atoms with Gasteiger partial charge >= 0.3 is 6.18 Å². The van der Waals surface area contributed by atoms with Crippen molar-refractivity contribution in [1.82, 2.24) is 14.9 Å². The second kappa shape index (κ2) is 11.1. The number of aromatic hydroxyl groups is 1. The van der Waals surface area contributed by atoms with Crippen LogP contribution in [0.3, 0.4) is 0 Å². The summed E-state index contributed by atoms with van der Waals surface area (Å²) in [4.78, 5) is 56.6. The van der Waals surface area contributed by atoms with Crippen molar-refractivity contribution >= 4 is 91.0 Å². The first-order valence-corrected chi connectivity index (χ1v) is 16.9. The Morgan fingerprint density at radius 2 is 1.69 bits per heavy atom. The second-order valence-electron chi connectivity index (χ2n) is 12.2. The molecular weight excluding hydrogens is 764 g/mol. The van der Waals surface area contributed by atoms with Crippen LogP contribution in [0.25, 0.3) is 10.8 Å². The minimum atomic E-state index is -4.82. The molecule has 2 aromatic carbocycles. The van der Waals surface area contributed by atoms with Crippen LogP contribution in [0, 0.1) is 17.8 Å². The summed E-state index contributed by atoms with van der Waals surface area (Å²) < 4.78 is 40.6. The summed E-state index contributed by atoms with van der Waals surface area (Å²) in [5.74, 6) is -7.55. The first-order chi connectivity index (χ1) is 22.6. The Morgan fingerprint density at radius 1 is 1.00 bits per heavy atom. The van der Waals surface area contributed by atoms with E-state index in [2.05, 4.69) is 20.9 Å². The number of anilines is 1. The summed E-state index contributed by atoms with van der Waals surface area (Å²) in [7, 11) is 1.21. The van der Waals surface area contributed by atoms with Crippen LogP contribution in [-0.2, 0) is 25.4 Å². The van der Waals surface area contributed by atoms with Gasteiger partial charge in [-0.1, -0.05) is 69.5 Å². The summed E-state index contributed by atoms with van der Waals surface area (Å²) in [5, 5.41) is 13.0. The lowest BCUT2D eigenvalue weighted by atomic mass is 9.56. The number of halogens is 7. The van der Waals surface area contributed by atoms with E-state index in [1.54, 1.807) is 36.4 Å². The molecule has 3 aromatic rings. The Labute approximate surface area is 294 Å². The molecule has 4 aliphatic rings. The number of phenolic OH excluding ortho intramolecular Hbond substituents is 1. The monoisotopic (exact) mass is 784 g/mol. The average molecular weight is 787 g/mol. The highest BCUT2D eigenvalue weighted by molar-refractivity contribution is 9.09. The Kier molecular flexibility index (Phi) is 7.63. The van der Waals surface area contributed by atoms with E-state index < -0.39 is 74.7 Å². The van der Waals surface area contributed by atoms with E-state index in [-0.39, 0.29) is 29.1 Å². The number of likely N-dealkylation sites (tertiary alicyclic amines) is 1. The Bertz CT molecular complexity index is 2000. The zero-order valence-corrected chi connectivity index (χ0v) is 28.5. The molecule has 48 heavy (non-hydrogen) atoms. The van der Waals surface area contributed by atoms with Gasteiger partial charge in [0.2, 0.25) is 0 Å². The van der Waals surface area contributed by atoms with Crippen molar-refractivity contribution in [2.75, 3.05) is 17.5 Å². The van der Waals surface area contributed by atoms with Crippen LogP contribution in [-0.4, -0.2) is 65.9 Å². The molecule has 2 aliphatic carbocycles. The number of fused-ring (bicyclic) bond motifs is 5. The van der Waals surface area contributed by atoms with Crippen LogP contribution in [0.2, 0.25) is 5.02 Å². The molecule has 3 heterocycles. The molecule has 0 bridgehead atoms. The highest BCUT2D eigenvalue weighted by Crippen LogP contribution is 2.66. The van der Waals surface area contributed by atoms with Gasteiger partial charge in [0.25, 0.3) is 23.6 Å². The zero-order chi connectivity index (χ0) is 34.7. The number of hydrogen-bond acceptors (Lipinski definition) is 7. The summed E-state index contributed by atoms with van der Waals surface area (Å²) in [5.41, 5.74) is -0.487. The standard InChI is InChI=1S/C32H23BrCl3F3N4O5/c1-41(25-20(34)9-11-22(40-25)32(37,38)39)43-26(45)18-7-6-17-19(23(18)27(43)46)12-30(35)28(47)42(13-33)29(48)31(30,36)24(17)16-8-10-21(44)15-5-3-2-4-14(15)16/h2-6,8-11,18-19,23-24,44H,7,12-13H2,1H3. The van der Waals surface area contributed by atoms with Crippen LogP contribution in [0.15, 0.2) is 60.2 Å². The molecule has 9 nitrogen and oxygen atoms in total. The number of nitrogens with zero attached hydrogens (tertiary/aromatic N) is 4. The number of pyridine rings is 1. The molecule has 2 saturated heterocycles. The van der Waals surface area contributed by atoms with Gasteiger partial charge in [-0.15, -0.1) is 23.2 Å². The molecule has 6 atom stereocenters. The molecule has 0 spiro atoms. The van der Waals surface area contributed by atoms with Gasteiger partial charge in [0, 0.05) is 18.4 Å². The SMILES string of the molecule is CN(c1nc(C(F)(F)F)ccc1Cl)N1C(=O)C2CC=C3C(CC4(Cl)C(=O)N(CBr)C(=O)C4(Cl)C3c3ccc(O)c4ccccc34)C2C1=O. The fraction of sp³-hybridized carbons (Fsp3) is 0.344. The van der Waals surface area contributed by atoms with Crippen LogP contribution in [0.4, 0.5) is 19.0 Å². The molecular formula is C32H23BrCl3F3N4O5. The van der Waals surface area contributed by atoms with E-state index in [0.717, 1.165) is 21.0 Å². The van der Waals surface area contributed by atoms with Crippen LogP contribution in [0.1, 0.15) is 30.0 Å². The Balaban J connectivity index is 1.38. The van der Waals surface area contributed by atoms with Gasteiger partial charge in [0.1, 0.15) is 11.4 Å². The molecule has 0 radical (unpaired) electrons. The number of phenols is 1.